The fraction of sp³-hybridized carbons (Fsp3) is 0.571. The molecule has 0 bridgehead atoms. The molecule has 0 aliphatic carbocycles. The number of likely N-dealkylation sites (tertiary alicyclic amines) is 1. The monoisotopic (exact) mass is 438 g/mol. The van der Waals surface area contributed by atoms with E-state index in [1.54, 1.807) is 4.90 Å². The van der Waals surface area contributed by atoms with Gasteiger partial charge in [0.1, 0.15) is 0 Å². The van der Waals surface area contributed by atoms with E-state index in [-0.39, 0.29) is 47.2 Å². The minimum absolute atomic E-state index is 0.0554. The van der Waals surface area contributed by atoms with Crippen molar-refractivity contribution in [3.8, 4) is 0 Å². The van der Waals surface area contributed by atoms with Crippen LogP contribution in [0.1, 0.15) is 63.7 Å². The van der Waals surface area contributed by atoms with E-state index >= 15 is 0 Å². The van der Waals surface area contributed by atoms with E-state index in [2.05, 4.69) is 4.72 Å². The molecule has 1 aliphatic rings. The fourth-order valence-electron chi connectivity index (χ4n) is 3.63. The molecule has 0 spiro atoms. The van der Waals surface area contributed by atoms with E-state index in [4.69, 9.17) is 4.74 Å². The van der Waals surface area contributed by atoms with E-state index in [0.29, 0.717) is 0 Å². The summed E-state index contributed by atoms with van der Waals surface area (Å²) < 4.78 is 32.3. The van der Waals surface area contributed by atoms with Crippen LogP contribution in [0.4, 0.5) is 0 Å². The smallest absolute Gasteiger partial charge is 0.307 e. The molecule has 3 atom stereocenters. The lowest BCUT2D eigenvalue weighted by molar-refractivity contribution is -0.162. The standard InChI is InChI=1S/C21H30N2O6S/c1-14-7-5-8-15(2)23(14)21(26)17(4)29-20(25)11-12-22-30(27,28)19-10-6-9-18(13-19)16(3)24/h6,9-10,13-15,17,22H,5,7-8,11-12H2,1-4H3/t14-,15+,17-/m1/s1. The molecule has 1 aromatic rings. The number of ketones is 1. The van der Waals surface area contributed by atoms with Crippen LogP contribution in [0.15, 0.2) is 29.2 Å². The quantitative estimate of drug-likeness (QED) is 0.493. The van der Waals surface area contributed by atoms with Gasteiger partial charge in [-0.2, -0.15) is 0 Å². The maximum atomic E-state index is 12.7. The van der Waals surface area contributed by atoms with Gasteiger partial charge in [-0.1, -0.05) is 12.1 Å². The van der Waals surface area contributed by atoms with Crippen LogP contribution in [0.3, 0.4) is 0 Å². The highest BCUT2D eigenvalue weighted by atomic mass is 32.2. The molecule has 0 saturated carbocycles. The van der Waals surface area contributed by atoms with Crippen LogP contribution in [0.2, 0.25) is 0 Å². The van der Waals surface area contributed by atoms with Gasteiger partial charge in [0.05, 0.1) is 11.3 Å². The Kier molecular flexibility index (Phi) is 8.14. The molecular formula is C21H30N2O6S. The number of ether oxygens (including phenoxy) is 1. The zero-order valence-corrected chi connectivity index (χ0v) is 18.7. The predicted molar refractivity (Wildman–Crippen MR) is 111 cm³/mol. The van der Waals surface area contributed by atoms with Crippen LogP contribution in [-0.2, 0) is 24.3 Å². The van der Waals surface area contributed by atoms with E-state index in [1.165, 1.54) is 38.1 Å². The third-order valence-corrected chi connectivity index (χ3v) is 6.73. The van der Waals surface area contributed by atoms with E-state index in [0.717, 1.165) is 19.3 Å². The summed E-state index contributed by atoms with van der Waals surface area (Å²) >= 11 is 0. The van der Waals surface area contributed by atoms with Crippen molar-refractivity contribution in [2.45, 2.75) is 76.5 Å². The first-order valence-corrected chi connectivity index (χ1v) is 11.6. The van der Waals surface area contributed by atoms with Gasteiger partial charge in [0.15, 0.2) is 11.9 Å². The Balaban J connectivity index is 1.87. The molecule has 1 heterocycles. The molecule has 2 rings (SSSR count). The largest absolute Gasteiger partial charge is 0.452 e. The van der Waals surface area contributed by atoms with Crippen molar-refractivity contribution in [1.82, 2.24) is 9.62 Å². The molecule has 0 radical (unpaired) electrons. The number of carbonyl (C=O) groups is 3. The number of esters is 1. The van der Waals surface area contributed by atoms with Crippen LogP contribution < -0.4 is 4.72 Å². The average molecular weight is 439 g/mol. The lowest BCUT2D eigenvalue weighted by Crippen LogP contribution is -2.51. The topological polar surface area (TPSA) is 110 Å². The van der Waals surface area contributed by atoms with Gasteiger partial charge < -0.3 is 9.64 Å². The summed E-state index contributed by atoms with van der Waals surface area (Å²) in [4.78, 5) is 37.9. The highest BCUT2D eigenvalue weighted by Gasteiger charge is 2.33. The van der Waals surface area contributed by atoms with Crippen LogP contribution in [-0.4, -0.2) is 55.7 Å². The van der Waals surface area contributed by atoms with Crippen LogP contribution in [0.5, 0.6) is 0 Å². The van der Waals surface area contributed by atoms with Crippen molar-refractivity contribution >= 4 is 27.7 Å². The molecule has 0 aromatic heterocycles. The second kappa shape index (κ2) is 10.2. The second-order valence-electron chi connectivity index (χ2n) is 7.74. The third kappa shape index (κ3) is 6.12. The number of hydrogen-bond acceptors (Lipinski definition) is 6. The van der Waals surface area contributed by atoms with Gasteiger partial charge in [0.2, 0.25) is 10.0 Å². The van der Waals surface area contributed by atoms with Gasteiger partial charge in [0, 0.05) is 24.2 Å². The van der Waals surface area contributed by atoms with Crippen molar-refractivity contribution in [2.75, 3.05) is 6.54 Å². The lowest BCUT2D eigenvalue weighted by Gasteiger charge is -2.40. The molecule has 1 fully saturated rings. The summed E-state index contributed by atoms with van der Waals surface area (Å²) in [5.74, 6) is -1.13. The molecule has 1 N–H and O–H groups in total. The van der Waals surface area contributed by atoms with Gasteiger partial charge in [-0.15, -0.1) is 0 Å². The van der Waals surface area contributed by atoms with Crippen molar-refractivity contribution in [1.29, 1.82) is 0 Å². The van der Waals surface area contributed by atoms with Gasteiger partial charge in [-0.25, -0.2) is 13.1 Å². The maximum absolute atomic E-state index is 12.7. The van der Waals surface area contributed by atoms with Crippen LogP contribution in [0, 0.1) is 0 Å². The third-order valence-electron chi connectivity index (χ3n) is 5.28. The molecule has 1 aromatic carbocycles. The van der Waals surface area contributed by atoms with Crippen molar-refractivity contribution in [3.05, 3.63) is 29.8 Å². The first-order chi connectivity index (χ1) is 14.0. The summed E-state index contributed by atoms with van der Waals surface area (Å²) in [6, 6.07) is 5.86. The SMILES string of the molecule is CC(=O)c1cccc(S(=O)(=O)NCCC(=O)O[C@H](C)C(=O)N2[C@H](C)CCC[C@@H]2C)c1. The molecule has 166 valence electrons. The van der Waals surface area contributed by atoms with Gasteiger partial charge >= 0.3 is 5.97 Å². The fourth-order valence-corrected chi connectivity index (χ4v) is 4.70. The molecule has 9 heteroatoms. The van der Waals surface area contributed by atoms with E-state index in [9.17, 15) is 22.8 Å². The Morgan fingerprint density at radius 2 is 1.83 bits per heavy atom. The van der Waals surface area contributed by atoms with E-state index < -0.39 is 22.1 Å². The molecular weight excluding hydrogens is 408 g/mol. The molecule has 30 heavy (non-hydrogen) atoms. The molecule has 1 amide bonds. The molecule has 1 saturated heterocycles. The minimum Gasteiger partial charge on any atom is -0.452 e. The van der Waals surface area contributed by atoms with Crippen LogP contribution >= 0.6 is 0 Å². The minimum atomic E-state index is -3.87. The number of amides is 1. The van der Waals surface area contributed by atoms with Crippen molar-refractivity contribution in [2.24, 2.45) is 0 Å². The Morgan fingerprint density at radius 1 is 1.20 bits per heavy atom. The average Bonchev–Trinajstić information content (AvgIpc) is 2.67. The normalized spacial score (nSPS) is 20.5. The van der Waals surface area contributed by atoms with Gasteiger partial charge in [-0.3, -0.25) is 14.4 Å². The number of piperidine rings is 1. The number of nitrogens with one attached hydrogen (secondary N) is 1. The summed E-state index contributed by atoms with van der Waals surface area (Å²) in [5, 5.41) is 0. The number of nitrogens with zero attached hydrogens (tertiary/aromatic N) is 1. The van der Waals surface area contributed by atoms with Gasteiger partial charge in [-0.05, 0) is 59.1 Å². The molecule has 1 aliphatic heterocycles. The highest BCUT2D eigenvalue weighted by molar-refractivity contribution is 7.89. The first-order valence-electron chi connectivity index (χ1n) is 10.1. The summed E-state index contributed by atoms with van der Waals surface area (Å²) in [7, 11) is -3.87. The Morgan fingerprint density at radius 3 is 2.43 bits per heavy atom. The van der Waals surface area contributed by atoms with Crippen molar-refractivity contribution < 1.29 is 27.5 Å². The number of Topliss-reactive ketones (excluding diaryl/α,β-unsaturated/α-hetero) is 1. The van der Waals surface area contributed by atoms with Crippen molar-refractivity contribution in [3.63, 3.8) is 0 Å². The number of rotatable bonds is 8. The second-order valence-corrected chi connectivity index (χ2v) is 9.51. The Bertz CT molecular complexity index is 889. The lowest BCUT2D eigenvalue weighted by atomic mass is 9.97. The Hall–Kier alpha value is -2.26. The summed E-state index contributed by atoms with van der Waals surface area (Å²) in [6.07, 6.45) is 1.76. The van der Waals surface area contributed by atoms with Gasteiger partial charge in [0.25, 0.3) is 5.91 Å². The van der Waals surface area contributed by atoms with E-state index in [1.807, 2.05) is 13.8 Å². The predicted octanol–water partition coefficient (Wildman–Crippen LogP) is 2.28. The zero-order valence-electron chi connectivity index (χ0n) is 17.9. The number of hydrogen-bond donors (Lipinski definition) is 1. The summed E-state index contributed by atoms with van der Waals surface area (Å²) in [5.41, 5.74) is 0.283. The number of carbonyl (C=O) groups excluding carboxylic acids is 3. The first kappa shape index (κ1) is 24.0. The molecule has 8 nitrogen and oxygen atoms in total. The zero-order chi connectivity index (χ0) is 22.5. The molecule has 0 unspecified atom stereocenters. The maximum Gasteiger partial charge on any atom is 0.307 e. The number of benzene rings is 1. The summed E-state index contributed by atoms with van der Waals surface area (Å²) in [6.45, 7) is 6.67. The Labute approximate surface area is 178 Å². The van der Waals surface area contributed by atoms with Crippen LogP contribution in [0.25, 0.3) is 0 Å². The highest BCUT2D eigenvalue weighted by Crippen LogP contribution is 2.23. The number of sulfonamides is 1.